The lowest BCUT2D eigenvalue weighted by atomic mass is 10.0. The van der Waals surface area contributed by atoms with E-state index in [4.69, 9.17) is 17.3 Å². The maximum absolute atomic E-state index is 5.92. The van der Waals surface area contributed by atoms with Crippen molar-refractivity contribution in [3.8, 4) is 24.7 Å². The molecule has 2 aromatic rings. The molecule has 1 aromatic heterocycles. The average molecular weight is 279 g/mol. The van der Waals surface area contributed by atoms with Crippen LogP contribution in [0.1, 0.15) is 25.5 Å². The highest BCUT2D eigenvalue weighted by Gasteiger charge is 2.18. The number of furan rings is 1. The molecule has 0 radical (unpaired) electrons. The van der Waals surface area contributed by atoms with Gasteiger partial charge in [0.05, 0.1) is 13.1 Å². The first-order valence-corrected chi connectivity index (χ1v) is 7.37. The second-order valence-corrected chi connectivity index (χ2v) is 5.21. The second-order valence-electron chi connectivity index (χ2n) is 5.21. The molecule has 0 aliphatic rings. The van der Waals surface area contributed by atoms with E-state index in [-0.39, 0.29) is 0 Å². The van der Waals surface area contributed by atoms with E-state index < -0.39 is 0 Å². The SMILES string of the molecule is C#CCN(CC#C)C(CCC)Cc1cc2ccccc2o1. The van der Waals surface area contributed by atoms with Crippen LogP contribution in [0.15, 0.2) is 34.7 Å². The van der Waals surface area contributed by atoms with E-state index in [2.05, 4.69) is 35.8 Å². The standard InChI is InChI=1S/C19H21NO/c1-4-9-17(20(12-5-2)13-6-3)15-18-14-16-10-7-8-11-19(16)21-18/h2-3,7-8,10-11,14,17H,4,9,12-13,15H2,1H3. The maximum atomic E-state index is 5.92. The molecule has 2 nitrogen and oxygen atoms in total. The van der Waals surface area contributed by atoms with Gasteiger partial charge in [-0.25, -0.2) is 0 Å². The summed E-state index contributed by atoms with van der Waals surface area (Å²) in [6.07, 6.45) is 13.9. The van der Waals surface area contributed by atoms with Crippen molar-refractivity contribution in [2.75, 3.05) is 13.1 Å². The molecule has 0 fully saturated rings. The van der Waals surface area contributed by atoms with Crippen molar-refractivity contribution in [3.63, 3.8) is 0 Å². The Balaban J connectivity index is 2.18. The lowest BCUT2D eigenvalue weighted by molar-refractivity contribution is 0.224. The van der Waals surface area contributed by atoms with Crippen LogP contribution in [0.3, 0.4) is 0 Å². The molecule has 0 aliphatic carbocycles. The van der Waals surface area contributed by atoms with Gasteiger partial charge < -0.3 is 4.42 Å². The highest BCUT2D eigenvalue weighted by Crippen LogP contribution is 2.22. The van der Waals surface area contributed by atoms with E-state index in [9.17, 15) is 0 Å². The Hall–Kier alpha value is -2.16. The molecule has 0 aliphatic heterocycles. The van der Waals surface area contributed by atoms with Crippen molar-refractivity contribution in [2.24, 2.45) is 0 Å². The zero-order valence-corrected chi connectivity index (χ0v) is 12.5. The molecule has 0 saturated heterocycles. The number of hydrogen-bond acceptors (Lipinski definition) is 2. The van der Waals surface area contributed by atoms with Crippen LogP contribution in [0.5, 0.6) is 0 Å². The van der Waals surface area contributed by atoms with E-state index in [1.807, 2.05) is 18.2 Å². The average Bonchev–Trinajstić information content (AvgIpc) is 2.89. The summed E-state index contributed by atoms with van der Waals surface area (Å²) in [6.45, 7) is 3.33. The summed E-state index contributed by atoms with van der Waals surface area (Å²) in [4.78, 5) is 2.18. The first-order valence-electron chi connectivity index (χ1n) is 7.37. The number of rotatable bonds is 7. The number of benzene rings is 1. The normalized spacial score (nSPS) is 12.2. The highest BCUT2D eigenvalue weighted by molar-refractivity contribution is 5.77. The van der Waals surface area contributed by atoms with Gasteiger partial charge in [-0.3, -0.25) is 4.90 Å². The molecule has 0 spiro atoms. The summed E-state index contributed by atoms with van der Waals surface area (Å²) in [5.41, 5.74) is 0.934. The van der Waals surface area contributed by atoms with Gasteiger partial charge in [0.2, 0.25) is 0 Å². The molecule has 0 saturated carbocycles. The van der Waals surface area contributed by atoms with Crippen LogP contribution in [-0.4, -0.2) is 24.0 Å². The molecule has 21 heavy (non-hydrogen) atoms. The Morgan fingerprint density at radius 2 is 1.90 bits per heavy atom. The number of nitrogens with zero attached hydrogens (tertiary/aromatic N) is 1. The van der Waals surface area contributed by atoms with Crippen LogP contribution in [-0.2, 0) is 6.42 Å². The van der Waals surface area contributed by atoms with Crippen molar-refractivity contribution in [3.05, 3.63) is 36.1 Å². The molecule has 108 valence electrons. The number of hydrogen-bond donors (Lipinski definition) is 0. The molecule has 0 N–H and O–H groups in total. The summed E-state index contributed by atoms with van der Waals surface area (Å²) in [5, 5.41) is 1.14. The van der Waals surface area contributed by atoms with Crippen LogP contribution >= 0.6 is 0 Å². The zero-order chi connectivity index (χ0) is 15.1. The number of fused-ring (bicyclic) bond motifs is 1. The van der Waals surface area contributed by atoms with E-state index in [0.717, 1.165) is 36.0 Å². The van der Waals surface area contributed by atoms with Crippen molar-refractivity contribution in [1.82, 2.24) is 4.90 Å². The fourth-order valence-corrected chi connectivity index (χ4v) is 2.67. The minimum Gasteiger partial charge on any atom is -0.461 e. The Morgan fingerprint density at radius 3 is 2.52 bits per heavy atom. The summed E-state index contributed by atoms with van der Waals surface area (Å²) in [5.74, 6) is 6.40. The van der Waals surface area contributed by atoms with Crippen molar-refractivity contribution in [1.29, 1.82) is 0 Å². The molecule has 1 atom stereocenters. The maximum Gasteiger partial charge on any atom is 0.134 e. The van der Waals surface area contributed by atoms with Gasteiger partial charge in [-0.2, -0.15) is 0 Å². The molecular formula is C19H21NO. The first kappa shape index (κ1) is 15.2. The van der Waals surface area contributed by atoms with Gasteiger partial charge in [-0.15, -0.1) is 12.8 Å². The fraction of sp³-hybridized carbons (Fsp3) is 0.368. The third-order valence-electron chi connectivity index (χ3n) is 3.64. The predicted octanol–water partition coefficient (Wildman–Crippen LogP) is 3.71. The topological polar surface area (TPSA) is 16.4 Å². The lowest BCUT2D eigenvalue weighted by Gasteiger charge is -2.27. The smallest absolute Gasteiger partial charge is 0.134 e. The summed E-state index contributed by atoms with van der Waals surface area (Å²) >= 11 is 0. The molecule has 2 heteroatoms. The first-order chi connectivity index (χ1) is 10.3. The lowest BCUT2D eigenvalue weighted by Crippen LogP contribution is -2.37. The second kappa shape index (κ2) is 7.58. The Bertz CT molecular complexity index is 607. The summed E-state index contributed by atoms with van der Waals surface area (Å²) in [6, 6.07) is 10.5. The van der Waals surface area contributed by atoms with E-state index in [1.54, 1.807) is 0 Å². The molecule has 1 heterocycles. The number of terminal acetylenes is 2. The molecule has 1 unspecified atom stereocenters. The predicted molar refractivity (Wildman–Crippen MR) is 87.9 cm³/mol. The van der Waals surface area contributed by atoms with Crippen molar-refractivity contribution < 1.29 is 4.42 Å². The summed E-state index contributed by atoms with van der Waals surface area (Å²) in [7, 11) is 0. The van der Waals surface area contributed by atoms with Gasteiger partial charge in [0.25, 0.3) is 0 Å². The van der Waals surface area contributed by atoms with Crippen molar-refractivity contribution >= 4 is 11.0 Å². The van der Waals surface area contributed by atoms with Gasteiger partial charge in [0, 0.05) is 17.8 Å². The van der Waals surface area contributed by atoms with Gasteiger partial charge >= 0.3 is 0 Å². The quantitative estimate of drug-likeness (QED) is 0.718. The third kappa shape index (κ3) is 3.91. The van der Waals surface area contributed by atoms with E-state index in [0.29, 0.717) is 19.1 Å². The van der Waals surface area contributed by atoms with Gasteiger partial charge in [-0.05, 0) is 18.6 Å². The van der Waals surface area contributed by atoms with Crippen LogP contribution in [0.25, 0.3) is 11.0 Å². The number of para-hydroxylation sites is 1. The molecule has 0 amide bonds. The van der Waals surface area contributed by atoms with Crippen LogP contribution in [0, 0.1) is 24.7 Å². The fourth-order valence-electron chi connectivity index (χ4n) is 2.67. The largest absolute Gasteiger partial charge is 0.461 e. The Morgan fingerprint density at radius 1 is 1.19 bits per heavy atom. The van der Waals surface area contributed by atoms with Gasteiger partial charge in [0.1, 0.15) is 11.3 Å². The third-order valence-corrected chi connectivity index (χ3v) is 3.64. The van der Waals surface area contributed by atoms with Crippen molar-refractivity contribution in [2.45, 2.75) is 32.2 Å². The monoisotopic (exact) mass is 279 g/mol. The van der Waals surface area contributed by atoms with Crippen LogP contribution < -0.4 is 0 Å². The van der Waals surface area contributed by atoms with Gasteiger partial charge in [-0.1, -0.05) is 43.4 Å². The molecular weight excluding hydrogens is 258 g/mol. The van der Waals surface area contributed by atoms with E-state index in [1.165, 1.54) is 0 Å². The Labute approximate surface area is 127 Å². The zero-order valence-electron chi connectivity index (χ0n) is 12.5. The van der Waals surface area contributed by atoms with E-state index >= 15 is 0 Å². The summed E-state index contributed by atoms with van der Waals surface area (Å²) < 4.78 is 5.92. The minimum atomic E-state index is 0.322. The molecule has 0 bridgehead atoms. The van der Waals surface area contributed by atoms with Crippen LogP contribution in [0.4, 0.5) is 0 Å². The molecule has 2 rings (SSSR count). The van der Waals surface area contributed by atoms with Gasteiger partial charge in [0.15, 0.2) is 0 Å². The highest BCUT2D eigenvalue weighted by atomic mass is 16.3. The minimum absolute atomic E-state index is 0.322. The molecule has 1 aromatic carbocycles. The Kier molecular flexibility index (Phi) is 5.50. The van der Waals surface area contributed by atoms with Crippen LogP contribution in [0.2, 0.25) is 0 Å².